The van der Waals surface area contributed by atoms with Gasteiger partial charge >= 0.3 is 12.2 Å². The average Bonchev–Trinajstić information content (AvgIpc) is 1.68. The van der Waals surface area contributed by atoms with Crippen molar-refractivity contribution < 1.29 is 154 Å². The minimum atomic E-state index is -1.22. The number of benzene rings is 6. The lowest BCUT2D eigenvalue weighted by molar-refractivity contribution is -0.131. The molecule has 42 nitrogen and oxygen atoms in total. The molecule has 0 aliphatic rings. The first-order valence-corrected chi connectivity index (χ1v) is 46.7. The summed E-state index contributed by atoms with van der Waals surface area (Å²) in [7, 11) is 0. The number of nitrogens with one attached hydrogen (secondary N) is 10. The second-order valence-corrected chi connectivity index (χ2v) is 31.2. The highest BCUT2D eigenvalue weighted by atomic mass is 16.6. The first-order chi connectivity index (χ1) is 68.3. The fraction of sp³-hybridized carbons (Fsp3) is 0.510. The summed E-state index contributed by atoms with van der Waals surface area (Å²) in [5, 5.41) is 62.4. The highest BCUT2D eigenvalue weighted by Gasteiger charge is 2.32. The van der Waals surface area contributed by atoms with E-state index in [4.69, 9.17) is 94.7 Å². The molecule has 0 unspecified atom stereocenters. The maximum atomic E-state index is 13.8. The van der Waals surface area contributed by atoms with E-state index in [0.717, 1.165) is 32.9 Å². The van der Waals surface area contributed by atoms with Crippen LogP contribution >= 0.6 is 0 Å². The lowest BCUT2D eigenvalue weighted by Gasteiger charge is -2.23. The highest BCUT2D eigenvalue weighted by Crippen LogP contribution is 2.24. The van der Waals surface area contributed by atoms with E-state index >= 15 is 0 Å². The Labute approximate surface area is 813 Å². The van der Waals surface area contributed by atoms with Gasteiger partial charge in [0.2, 0.25) is 35.4 Å². The number of fused-ring (bicyclic) bond motifs is 2. The van der Waals surface area contributed by atoms with Crippen molar-refractivity contribution in [2.75, 3.05) is 262 Å². The van der Waals surface area contributed by atoms with Crippen molar-refractivity contribution in [1.82, 2.24) is 41.9 Å². The van der Waals surface area contributed by atoms with Crippen molar-refractivity contribution in [2.45, 2.75) is 75.8 Å². The molecule has 0 radical (unpaired) electrons. The fourth-order valence-electron chi connectivity index (χ4n) is 13.1. The van der Waals surface area contributed by atoms with Gasteiger partial charge in [-0.3, -0.25) is 28.8 Å². The number of para-hydroxylation sites is 2. The van der Waals surface area contributed by atoms with E-state index in [2.05, 4.69) is 52.5 Å². The van der Waals surface area contributed by atoms with Gasteiger partial charge in [-0.1, -0.05) is 60.7 Å². The SMILES string of the molecule is C[C@H](NC(=O)[C@H](Cc1ccc(O)cc1)NC(=O)OCCOCCOCCOCCOCCOCCOCCOCCOCCOCCOCCOCCOCCOCCOCCOCCOCCOCCOCCOC(=O)N[C@@H](Cc1ccc(O)cc1)C(=O)N[C@@H](C)C(=O)N[C@@H](Cc1c[nH]c2ccccc12)C(=O)Nc1ccc(O)cc1)C(=O)N[C@@H](Cc1c[nH]c2ccccc12)C(=O)Nc1ccc(O)cc1. The van der Waals surface area contributed by atoms with Crippen molar-refractivity contribution in [1.29, 1.82) is 0 Å². The van der Waals surface area contributed by atoms with E-state index in [9.17, 15) is 58.8 Å². The van der Waals surface area contributed by atoms with Gasteiger partial charge in [0.1, 0.15) is 72.5 Å². The molecule has 0 spiro atoms. The lowest BCUT2D eigenvalue weighted by Crippen LogP contribution is -2.56. The Balaban J connectivity index is 0.494. The summed E-state index contributed by atoms with van der Waals surface area (Å²) in [6, 6.07) is 32.0. The van der Waals surface area contributed by atoms with Crippen LogP contribution in [0.3, 0.4) is 0 Å². The number of aromatic hydroxyl groups is 4. The first kappa shape index (κ1) is 114. The molecule has 770 valence electrons. The molecule has 6 aromatic carbocycles. The van der Waals surface area contributed by atoms with Crippen LogP contribution in [0.1, 0.15) is 36.1 Å². The molecule has 140 heavy (non-hydrogen) atoms. The number of carbonyl (C=O) groups excluding carboxylic acids is 8. The minimum Gasteiger partial charge on any atom is -0.508 e. The Bertz CT molecular complexity index is 4480. The number of phenols is 4. The van der Waals surface area contributed by atoms with Crippen LogP contribution < -0.4 is 42.5 Å². The number of hydrogen-bond acceptors (Lipinski definition) is 32. The normalized spacial score (nSPS) is 12.7. The smallest absolute Gasteiger partial charge is 0.407 e. The first-order valence-electron chi connectivity index (χ1n) is 46.7. The molecule has 0 saturated heterocycles. The zero-order valence-corrected chi connectivity index (χ0v) is 79.4. The number of phenolic OH excluding ortho intramolecular Hbond substituents is 4. The number of ether oxygens (including phenoxy) is 20. The number of H-pyrrole nitrogens is 2. The molecule has 0 aliphatic carbocycles. The van der Waals surface area contributed by atoms with Gasteiger partial charge in [0.25, 0.3) is 0 Å². The molecule has 0 aliphatic heterocycles. The third kappa shape index (κ3) is 48.9. The van der Waals surface area contributed by atoms with Crippen molar-refractivity contribution in [2.24, 2.45) is 0 Å². The molecule has 8 rings (SSSR count). The molecule has 2 aromatic heterocycles. The summed E-state index contributed by atoms with van der Waals surface area (Å²) in [5.74, 6) is -3.79. The fourth-order valence-corrected chi connectivity index (χ4v) is 13.1. The maximum Gasteiger partial charge on any atom is 0.407 e. The summed E-state index contributed by atoms with van der Waals surface area (Å²) in [4.78, 5) is 115. The number of anilines is 2. The van der Waals surface area contributed by atoms with Crippen LogP contribution in [-0.2, 0) is 149 Å². The summed E-state index contributed by atoms with van der Waals surface area (Å²) < 4.78 is 111. The Morgan fingerprint density at radius 3 is 0.700 bits per heavy atom. The van der Waals surface area contributed by atoms with Gasteiger partial charge in [0.15, 0.2) is 0 Å². The third-order valence-corrected chi connectivity index (χ3v) is 20.5. The molecule has 6 atom stereocenters. The van der Waals surface area contributed by atoms with Crippen LogP contribution in [0.2, 0.25) is 0 Å². The van der Waals surface area contributed by atoms with E-state index in [1.165, 1.54) is 86.6 Å². The van der Waals surface area contributed by atoms with Crippen LogP contribution in [0.5, 0.6) is 23.0 Å². The van der Waals surface area contributed by atoms with Gasteiger partial charge in [0.05, 0.1) is 238 Å². The Morgan fingerprint density at radius 2 is 0.457 bits per heavy atom. The number of rotatable bonds is 79. The lowest BCUT2D eigenvalue weighted by atomic mass is 10.0. The summed E-state index contributed by atoms with van der Waals surface area (Å²) >= 11 is 0. The molecular formula is C98H136N10O32. The molecular weight excluding hydrogens is 1830 g/mol. The molecule has 0 fully saturated rings. The Morgan fingerprint density at radius 1 is 0.243 bits per heavy atom. The molecule has 8 aromatic rings. The molecule has 14 N–H and O–H groups in total. The van der Waals surface area contributed by atoms with Gasteiger partial charge in [0, 0.05) is 71.3 Å². The molecule has 8 amide bonds. The van der Waals surface area contributed by atoms with Crippen LogP contribution in [-0.4, -0.2) is 365 Å². The summed E-state index contributed by atoms with van der Waals surface area (Å²) in [6.07, 6.45) is 1.86. The van der Waals surface area contributed by atoms with Crippen LogP contribution in [0.25, 0.3) is 21.8 Å². The van der Waals surface area contributed by atoms with E-state index in [-0.39, 0.29) is 102 Å². The predicted octanol–water partition coefficient (Wildman–Crippen LogP) is 5.49. The van der Waals surface area contributed by atoms with Crippen LogP contribution in [0, 0.1) is 0 Å². The predicted molar refractivity (Wildman–Crippen MR) is 511 cm³/mol. The second-order valence-electron chi connectivity index (χ2n) is 31.2. The Hall–Kier alpha value is -11.8. The van der Waals surface area contributed by atoms with Gasteiger partial charge in [-0.05, 0) is 121 Å². The number of carbonyl (C=O) groups is 8. The Kier molecular flexibility index (Phi) is 56.7. The molecule has 0 bridgehead atoms. The quantitative estimate of drug-likeness (QED) is 0.0165. The monoisotopic (exact) mass is 1960 g/mol. The third-order valence-electron chi connectivity index (χ3n) is 20.5. The topological polar surface area (TPSA) is 530 Å². The van der Waals surface area contributed by atoms with Crippen LogP contribution in [0.15, 0.2) is 158 Å². The largest absolute Gasteiger partial charge is 0.508 e. The second kappa shape index (κ2) is 70.0. The number of amides is 8. The van der Waals surface area contributed by atoms with E-state index in [1.807, 2.05) is 48.5 Å². The summed E-state index contributed by atoms with van der Waals surface area (Å²) in [5.41, 5.74) is 5.20. The number of hydrogen-bond donors (Lipinski definition) is 14. The number of aromatic amines is 2. The van der Waals surface area contributed by atoms with E-state index in [0.29, 0.717) is 221 Å². The van der Waals surface area contributed by atoms with E-state index < -0.39 is 83.9 Å². The van der Waals surface area contributed by atoms with Gasteiger partial charge < -0.3 is 168 Å². The summed E-state index contributed by atoms with van der Waals surface area (Å²) in [6.45, 7) is 15.8. The average molecular weight is 1970 g/mol. The van der Waals surface area contributed by atoms with Gasteiger partial charge in [-0.15, -0.1) is 0 Å². The molecule has 42 heteroatoms. The molecule has 0 saturated carbocycles. The standard InChI is InChI=1S/C98H136N10O32/c1-71(91(113)105-89(95(117)103-77-15-23-81(111)24-16-77)67-75-69-99-85-9-5-3-7-83(75)85)101-93(115)87(65-73-11-19-79(109)20-12-73)107-97(119)139-63-61-137-59-57-135-55-53-133-51-49-131-47-45-129-43-41-127-39-37-125-35-33-123-31-29-121-27-28-122-30-32-124-34-36-126-38-40-128-42-44-130-46-48-132-50-52-134-54-56-136-58-60-138-62-64-140-98(120)108-88(66-74-13-21-80(110)22-14-74)94(116)102-72(2)92(114)106-90(96(118)104-78-17-25-82(112)26-18-78)68-76-70-100-86-10-6-4-8-84(76)86/h3-26,69-72,87-90,99-100,109-112H,27-68H2,1-2H3,(H,101,115)(H,102,116)(H,103,117)(H,104,118)(H,105,113)(H,106,114)(H,107,119)(H,108,120)/t71-,72-,87-,88-,89-,90-/m0/s1. The highest BCUT2D eigenvalue weighted by molar-refractivity contribution is 6.01. The van der Waals surface area contributed by atoms with Crippen LogP contribution in [0.4, 0.5) is 21.0 Å². The van der Waals surface area contributed by atoms with E-state index in [1.54, 1.807) is 36.7 Å². The maximum absolute atomic E-state index is 13.8. The zero-order valence-electron chi connectivity index (χ0n) is 79.4. The van der Waals surface area contributed by atoms with Gasteiger partial charge in [-0.2, -0.15) is 0 Å². The van der Waals surface area contributed by atoms with Crippen molar-refractivity contribution in [3.05, 3.63) is 180 Å². The zero-order chi connectivity index (χ0) is 99.5. The van der Waals surface area contributed by atoms with Crippen molar-refractivity contribution in [3.63, 3.8) is 0 Å². The number of alkyl carbamates (subject to hydrolysis) is 2. The van der Waals surface area contributed by atoms with Gasteiger partial charge in [-0.25, -0.2) is 9.59 Å². The molecule has 2 heterocycles. The van der Waals surface area contributed by atoms with Crippen molar-refractivity contribution >= 4 is 80.8 Å². The minimum absolute atomic E-state index is 0.00707. The number of aromatic nitrogens is 2. The van der Waals surface area contributed by atoms with Crippen molar-refractivity contribution in [3.8, 4) is 23.0 Å².